The molecule has 0 radical (unpaired) electrons. The lowest BCUT2D eigenvalue weighted by molar-refractivity contribution is 0.0904. The molecule has 1 unspecified atom stereocenters. The quantitative estimate of drug-likeness (QED) is 0.709. The number of nitrogens with one attached hydrogen (secondary N) is 1. The van der Waals surface area contributed by atoms with Crippen molar-refractivity contribution in [2.45, 2.75) is 28.9 Å². The number of benzene rings is 1. The van der Waals surface area contributed by atoms with Crippen LogP contribution < -0.4 is 5.32 Å². The number of aromatic nitrogens is 1. The molecular formula is C21H21N3O4S. The smallest absolute Gasteiger partial charge is 0.270 e. The van der Waals surface area contributed by atoms with Crippen molar-refractivity contribution in [1.29, 1.82) is 0 Å². The molecule has 2 aliphatic rings. The highest BCUT2D eigenvalue weighted by molar-refractivity contribution is 7.91. The summed E-state index contributed by atoms with van der Waals surface area (Å²) in [6.07, 6.45) is 3.60. The second kappa shape index (κ2) is 6.96. The summed E-state index contributed by atoms with van der Waals surface area (Å²) in [5.41, 5.74) is 0.591. The first-order valence-corrected chi connectivity index (χ1v) is 11.2. The van der Waals surface area contributed by atoms with Gasteiger partial charge in [-0.2, -0.15) is 0 Å². The molecule has 0 spiro atoms. The Morgan fingerprint density at radius 3 is 2.79 bits per heavy atom. The second-order valence-corrected chi connectivity index (χ2v) is 9.69. The Kier molecular flexibility index (Phi) is 4.40. The van der Waals surface area contributed by atoms with Gasteiger partial charge in [0.1, 0.15) is 5.69 Å². The minimum atomic E-state index is -3.76. The number of pyridine rings is 1. The zero-order chi connectivity index (χ0) is 20.0. The topological polar surface area (TPSA) is 92.5 Å². The van der Waals surface area contributed by atoms with E-state index >= 15 is 0 Å². The molecule has 4 heterocycles. The standard InChI is InChI=1S/C21H21N3O4S/c25-21(23-16-8-14-6-7-24(12-14)13-16)18-9-15-10-20(28-19(15)11-22-18)29(26,27)17-4-2-1-3-5-17/h1-5,9-11,14,16H,6-8,12-13H2,(H,23,25)/t14-,16+/m0/s1. The lowest BCUT2D eigenvalue weighted by Crippen LogP contribution is -2.47. The van der Waals surface area contributed by atoms with Gasteiger partial charge in [-0.25, -0.2) is 13.4 Å². The highest BCUT2D eigenvalue weighted by atomic mass is 32.2. The van der Waals surface area contributed by atoms with Crippen LogP contribution in [0.2, 0.25) is 0 Å². The largest absolute Gasteiger partial charge is 0.443 e. The second-order valence-electron chi connectivity index (χ2n) is 7.81. The van der Waals surface area contributed by atoms with Crippen LogP contribution in [0.3, 0.4) is 0 Å². The van der Waals surface area contributed by atoms with E-state index in [1.54, 1.807) is 24.3 Å². The zero-order valence-electron chi connectivity index (χ0n) is 15.7. The van der Waals surface area contributed by atoms with Gasteiger partial charge in [-0.15, -0.1) is 0 Å². The zero-order valence-corrected chi connectivity index (χ0v) is 16.6. The maximum absolute atomic E-state index is 12.8. The molecule has 29 heavy (non-hydrogen) atoms. The lowest BCUT2D eigenvalue weighted by Gasteiger charge is -2.30. The monoisotopic (exact) mass is 411 g/mol. The van der Waals surface area contributed by atoms with Crippen LogP contribution >= 0.6 is 0 Å². The maximum atomic E-state index is 12.8. The summed E-state index contributed by atoms with van der Waals surface area (Å²) >= 11 is 0. The van der Waals surface area contributed by atoms with Gasteiger partial charge in [-0.1, -0.05) is 18.2 Å². The van der Waals surface area contributed by atoms with Crippen molar-refractivity contribution in [2.24, 2.45) is 5.92 Å². The SMILES string of the molecule is O=C(N[C@@H]1C[C@@H]2CCN(C2)C1)c1cc2cc(S(=O)(=O)c3ccccc3)oc2cn1. The summed E-state index contributed by atoms with van der Waals surface area (Å²) in [7, 11) is -3.76. The highest BCUT2D eigenvalue weighted by Crippen LogP contribution is 2.29. The molecule has 2 aromatic heterocycles. The lowest BCUT2D eigenvalue weighted by atomic mass is 9.97. The molecule has 150 valence electrons. The Morgan fingerprint density at radius 2 is 2.00 bits per heavy atom. The maximum Gasteiger partial charge on any atom is 0.270 e. The van der Waals surface area contributed by atoms with E-state index in [2.05, 4.69) is 15.2 Å². The Morgan fingerprint density at radius 1 is 1.17 bits per heavy atom. The van der Waals surface area contributed by atoms with E-state index in [9.17, 15) is 13.2 Å². The number of hydrogen-bond acceptors (Lipinski definition) is 6. The summed E-state index contributed by atoms with van der Waals surface area (Å²) in [5, 5.41) is 3.45. The number of sulfone groups is 1. The summed E-state index contributed by atoms with van der Waals surface area (Å²) in [5.74, 6) is 0.414. The molecule has 2 saturated heterocycles. The molecule has 1 amide bonds. The molecule has 1 N–H and O–H groups in total. The third kappa shape index (κ3) is 3.42. The van der Waals surface area contributed by atoms with Crippen molar-refractivity contribution in [3.63, 3.8) is 0 Å². The summed E-state index contributed by atoms with van der Waals surface area (Å²) in [6, 6.07) is 11.3. The van der Waals surface area contributed by atoms with Crippen LogP contribution in [0.4, 0.5) is 0 Å². The van der Waals surface area contributed by atoms with Crippen LogP contribution in [0.1, 0.15) is 23.3 Å². The minimum absolute atomic E-state index is 0.125. The molecular weight excluding hydrogens is 390 g/mol. The van der Waals surface area contributed by atoms with E-state index in [-0.39, 0.29) is 27.6 Å². The van der Waals surface area contributed by atoms with Crippen LogP contribution in [-0.2, 0) is 9.84 Å². The van der Waals surface area contributed by atoms with Crippen LogP contribution in [0.15, 0.2) is 63.1 Å². The van der Waals surface area contributed by atoms with Crippen molar-refractivity contribution in [2.75, 3.05) is 19.6 Å². The van der Waals surface area contributed by atoms with Crippen LogP contribution in [0.25, 0.3) is 11.0 Å². The van der Waals surface area contributed by atoms with Crippen molar-refractivity contribution in [3.05, 3.63) is 54.4 Å². The Labute approximate surface area is 168 Å². The molecule has 5 rings (SSSR count). The molecule has 2 bridgehead atoms. The number of hydrogen-bond donors (Lipinski definition) is 1. The third-order valence-corrected chi connectivity index (χ3v) is 7.36. The van der Waals surface area contributed by atoms with Gasteiger partial charge in [0.25, 0.3) is 5.91 Å². The van der Waals surface area contributed by atoms with Gasteiger partial charge in [-0.05, 0) is 43.5 Å². The summed E-state index contributed by atoms with van der Waals surface area (Å²) in [6.45, 7) is 3.11. The first kappa shape index (κ1) is 18.3. The number of piperidine rings is 1. The molecule has 2 fully saturated rings. The molecule has 0 aliphatic carbocycles. The van der Waals surface area contributed by atoms with Crippen LogP contribution in [-0.4, -0.2) is 49.9 Å². The molecule has 7 nitrogen and oxygen atoms in total. The Balaban J connectivity index is 1.39. The van der Waals surface area contributed by atoms with E-state index in [1.807, 2.05) is 0 Å². The molecule has 1 aromatic carbocycles. The van der Waals surface area contributed by atoms with E-state index in [0.717, 1.165) is 26.1 Å². The van der Waals surface area contributed by atoms with Gasteiger partial charge in [0.05, 0.1) is 11.1 Å². The van der Waals surface area contributed by atoms with Crippen LogP contribution in [0, 0.1) is 5.92 Å². The van der Waals surface area contributed by atoms with Crippen molar-refractivity contribution >= 4 is 26.7 Å². The number of carbonyl (C=O) groups is 1. The number of carbonyl (C=O) groups excluding carboxylic acids is 1. The van der Waals surface area contributed by atoms with Crippen molar-refractivity contribution in [1.82, 2.24) is 15.2 Å². The summed E-state index contributed by atoms with van der Waals surface area (Å²) < 4.78 is 31.0. The Bertz CT molecular complexity index is 1160. The number of amides is 1. The number of furan rings is 1. The van der Waals surface area contributed by atoms with Gasteiger partial charge in [0.15, 0.2) is 5.58 Å². The third-order valence-electron chi connectivity index (χ3n) is 5.73. The fourth-order valence-electron chi connectivity index (χ4n) is 4.32. The fourth-order valence-corrected chi connectivity index (χ4v) is 5.55. The first-order valence-electron chi connectivity index (χ1n) is 9.72. The molecule has 3 aromatic rings. The number of rotatable bonds is 4. The van der Waals surface area contributed by atoms with Gasteiger partial charge in [0.2, 0.25) is 14.9 Å². The van der Waals surface area contributed by atoms with Crippen molar-refractivity contribution < 1.29 is 17.6 Å². The van der Waals surface area contributed by atoms with Gasteiger partial charge in [-0.3, -0.25) is 4.79 Å². The molecule has 2 aliphatic heterocycles. The minimum Gasteiger partial charge on any atom is -0.443 e. The predicted molar refractivity (Wildman–Crippen MR) is 106 cm³/mol. The van der Waals surface area contributed by atoms with Gasteiger partial charge >= 0.3 is 0 Å². The Hall–Kier alpha value is -2.71. The van der Waals surface area contributed by atoms with E-state index in [1.165, 1.54) is 30.8 Å². The fraction of sp³-hybridized carbons (Fsp3) is 0.333. The van der Waals surface area contributed by atoms with Crippen LogP contribution in [0.5, 0.6) is 0 Å². The number of nitrogens with zero attached hydrogens (tertiary/aromatic N) is 2. The normalized spacial score (nSPS) is 23.9. The predicted octanol–water partition coefficient (Wildman–Crippen LogP) is 2.48. The average molecular weight is 411 g/mol. The number of fused-ring (bicyclic) bond motifs is 3. The van der Waals surface area contributed by atoms with E-state index in [0.29, 0.717) is 16.9 Å². The van der Waals surface area contributed by atoms with Gasteiger partial charge in [0, 0.05) is 30.6 Å². The summed E-state index contributed by atoms with van der Waals surface area (Å²) in [4.78, 5) is 19.4. The first-order chi connectivity index (χ1) is 14.0. The highest BCUT2D eigenvalue weighted by Gasteiger charge is 2.33. The van der Waals surface area contributed by atoms with E-state index in [4.69, 9.17) is 4.42 Å². The van der Waals surface area contributed by atoms with Gasteiger partial charge < -0.3 is 14.6 Å². The molecule has 0 saturated carbocycles. The molecule has 8 heteroatoms. The molecule has 3 atom stereocenters. The van der Waals surface area contributed by atoms with Crippen molar-refractivity contribution in [3.8, 4) is 0 Å². The average Bonchev–Trinajstić information content (AvgIpc) is 3.31. The van der Waals surface area contributed by atoms with E-state index < -0.39 is 9.84 Å².